The summed E-state index contributed by atoms with van der Waals surface area (Å²) in [5.41, 5.74) is 11.9. The first-order chi connectivity index (χ1) is 31.3. The van der Waals surface area contributed by atoms with Crippen molar-refractivity contribution in [1.82, 2.24) is 9.13 Å². The van der Waals surface area contributed by atoms with Crippen LogP contribution in [0.3, 0.4) is 0 Å². The number of benzene rings is 10. The van der Waals surface area contributed by atoms with Crippen molar-refractivity contribution < 1.29 is 0 Å². The van der Waals surface area contributed by atoms with Gasteiger partial charge < -0.3 is 9.13 Å². The minimum absolute atomic E-state index is 1.13. The SMILES string of the molecule is c1ccc(-c2ccccc2-c2ccc(-n3c4ccccc4c4ccc(-n5c6ccccc6c6c([Si](c7ccccc7)(c7ccccc7)c7ccccc7)cccc65)cc43)cc2)cc1. The van der Waals surface area contributed by atoms with E-state index < -0.39 is 8.07 Å². The van der Waals surface area contributed by atoms with E-state index in [4.69, 9.17) is 0 Å². The van der Waals surface area contributed by atoms with Gasteiger partial charge in [-0.25, -0.2) is 0 Å². The molecule has 0 saturated carbocycles. The zero-order valence-corrected chi connectivity index (χ0v) is 35.6. The largest absolute Gasteiger partial charge is 0.309 e. The van der Waals surface area contributed by atoms with Crippen LogP contribution in [0.5, 0.6) is 0 Å². The van der Waals surface area contributed by atoms with Crippen molar-refractivity contribution in [3.8, 4) is 33.6 Å². The van der Waals surface area contributed by atoms with Gasteiger partial charge in [-0.15, -0.1) is 0 Å². The number of fused-ring (bicyclic) bond motifs is 6. The molecular weight excluding hydrogens is 777 g/mol. The van der Waals surface area contributed by atoms with Crippen LogP contribution in [0.1, 0.15) is 0 Å². The molecule has 0 aliphatic carbocycles. The van der Waals surface area contributed by atoms with E-state index in [1.807, 2.05) is 0 Å². The summed E-state index contributed by atoms with van der Waals surface area (Å²) in [4.78, 5) is 0. The summed E-state index contributed by atoms with van der Waals surface area (Å²) in [5, 5.41) is 10.5. The summed E-state index contributed by atoms with van der Waals surface area (Å²) >= 11 is 0. The van der Waals surface area contributed by atoms with Gasteiger partial charge in [0.05, 0.1) is 22.1 Å². The molecule has 296 valence electrons. The lowest BCUT2D eigenvalue weighted by molar-refractivity contribution is 1.15. The van der Waals surface area contributed by atoms with Gasteiger partial charge in [-0.2, -0.15) is 0 Å². The summed E-state index contributed by atoms with van der Waals surface area (Å²) in [5.74, 6) is 0. The first kappa shape index (κ1) is 36.8. The van der Waals surface area contributed by atoms with E-state index in [0.29, 0.717) is 0 Å². The zero-order valence-electron chi connectivity index (χ0n) is 34.6. The van der Waals surface area contributed by atoms with Gasteiger partial charge >= 0.3 is 0 Å². The van der Waals surface area contributed by atoms with E-state index in [1.165, 1.54) is 86.6 Å². The van der Waals surface area contributed by atoms with E-state index in [-0.39, 0.29) is 0 Å². The van der Waals surface area contributed by atoms with Crippen molar-refractivity contribution in [2.45, 2.75) is 0 Å². The molecule has 0 unspecified atom stereocenters. The third kappa shape index (κ3) is 5.85. The summed E-state index contributed by atoms with van der Waals surface area (Å²) in [6, 6.07) is 94.2. The van der Waals surface area contributed by atoms with Gasteiger partial charge in [0.1, 0.15) is 0 Å². The second-order valence-electron chi connectivity index (χ2n) is 16.4. The minimum atomic E-state index is -2.86. The molecule has 2 heterocycles. The molecule has 0 amide bonds. The van der Waals surface area contributed by atoms with Gasteiger partial charge in [0.2, 0.25) is 0 Å². The Balaban J connectivity index is 1.09. The molecule has 0 saturated heterocycles. The fourth-order valence-corrected chi connectivity index (χ4v) is 15.4. The van der Waals surface area contributed by atoms with E-state index in [0.717, 1.165) is 11.4 Å². The minimum Gasteiger partial charge on any atom is -0.309 e. The highest BCUT2D eigenvalue weighted by Crippen LogP contribution is 2.38. The van der Waals surface area contributed by atoms with Crippen LogP contribution in [-0.2, 0) is 0 Å². The van der Waals surface area contributed by atoms with Gasteiger partial charge in [0.25, 0.3) is 0 Å². The van der Waals surface area contributed by atoms with Crippen LogP contribution >= 0.6 is 0 Å². The highest BCUT2D eigenvalue weighted by molar-refractivity contribution is 7.20. The first-order valence-electron chi connectivity index (χ1n) is 21.8. The number of hydrogen-bond acceptors (Lipinski definition) is 0. The van der Waals surface area contributed by atoms with Crippen LogP contribution in [0.2, 0.25) is 0 Å². The number of para-hydroxylation sites is 2. The average Bonchev–Trinajstić information content (AvgIpc) is 3.88. The summed E-state index contributed by atoms with van der Waals surface area (Å²) < 4.78 is 4.94. The standard InChI is InChI=1S/C60H42N2Si/c1-5-20-43(21-6-1)50-28-13-14-29-51(50)44-36-38-45(39-37-44)61-55-32-17-15-30-52(55)53-41-40-46(42-58(53)61)62-56-33-18-16-31-54(56)60-57(62)34-19-35-59(60)63(47-22-7-2-8-23-47,48-24-9-3-10-25-48)49-26-11-4-12-27-49/h1-42H. The van der Waals surface area contributed by atoms with E-state index >= 15 is 0 Å². The highest BCUT2D eigenvalue weighted by atomic mass is 28.3. The van der Waals surface area contributed by atoms with Crippen LogP contribution in [0.15, 0.2) is 255 Å². The van der Waals surface area contributed by atoms with Gasteiger partial charge in [-0.05, 0) is 85.5 Å². The molecule has 0 N–H and O–H groups in total. The van der Waals surface area contributed by atoms with Crippen molar-refractivity contribution in [3.05, 3.63) is 255 Å². The Kier molecular flexibility index (Phi) is 8.87. The molecule has 3 heteroatoms. The summed E-state index contributed by atoms with van der Waals surface area (Å²) in [7, 11) is -2.86. The third-order valence-electron chi connectivity index (χ3n) is 13.1. The first-order valence-corrected chi connectivity index (χ1v) is 23.8. The van der Waals surface area contributed by atoms with Crippen molar-refractivity contribution in [3.63, 3.8) is 0 Å². The summed E-state index contributed by atoms with van der Waals surface area (Å²) in [6.07, 6.45) is 0. The van der Waals surface area contributed by atoms with Crippen molar-refractivity contribution >= 4 is 72.4 Å². The molecule has 0 aliphatic heterocycles. The van der Waals surface area contributed by atoms with E-state index in [9.17, 15) is 0 Å². The lowest BCUT2D eigenvalue weighted by Crippen LogP contribution is -2.74. The molecule has 0 aliphatic rings. The van der Waals surface area contributed by atoms with Crippen LogP contribution < -0.4 is 20.7 Å². The molecule has 2 aromatic heterocycles. The Bertz CT molecular complexity index is 3490. The van der Waals surface area contributed by atoms with Crippen LogP contribution in [0.25, 0.3) is 77.2 Å². The molecule has 0 spiro atoms. The Labute approximate surface area is 368 Å². The molecule has 12 rings (SSSR count). The zero-order chi connectivity index (χ0) is 41.7. The number of nitrogens with zero attached hydrogens (tertiary/aromatic N) is 2. The van der Waals surface area contributed by atoms with Crippen molar-refractivity contribution in [2.24, 2.45) is 0 Å². The van der Waals surface area contributed by atoms with E-state index in [2.05, 4.69) is 264 Å². The van der Waals surface area contributed by atoms with Crippen LogP contribution in [0, 0.1) is 0 Å². The maximum atomic E-state index is 2.50. The van der Waals surface area contributed by atoms with Gasteiger partial charge in [-0.3, -0.25) is 0 Å². The van der Waals surface area contributed by atoms with Crippen LogP contribution in [0.4, 0.5) is 0 Å². The molecule has 12 aromatic rings. The van der Waals surface area contributed by atoms with Crippen molar-refractivity contribution in [2.75, 3.05) is 0 Å². The molecule has 0 bridgehead atoms. The predicted molar refractivity (Wildman–Crippen MR) is 270 cm³/mol. The Morgan fingerprint density at radius 2 is 0.698 bits per heavy atom. The van der Waals surface area contributed by atoms with Gasteiger partial charge in [0.15, 0.2) is 8.07 Å². The lowest BCUT2D eigenvalue weighted by Gasteiger charge is -2.35. The summed E-state index contributed by atoms with van der Waals surface area (Å²) in [6.45, 7) is 0. The van der Waals surface area contributed by atoms with Crippen molar-refractivity contribution in [1.29, 1.82) is 0 Å². The van der Waals surface area contributed by atoms with E-state index in [1.54, 1.807) is 0 Å². The molecule has 0 fully saturated rings. The quantitative estimate of drug-likeness (QED) is 0.107. The van der Waals surface area contributed by atoms with Gasteiger partial charge in [-0.1, -0.05) is 212 Å². The van der Waals surface area contributed by atoms with Gasteiger partial charge in [0, 0.05) is 32.9 Å². The second-order valence-corrected chi connectivity index (χ2v) is 20.2. The molecule has 0 radical (unpaired) electrons. The number of hydrogen-bond donors (Lipinski definition) is 0. The smallest absolute Gasteiger partial charge is 0.180 e. The number of rotatable bonds is 8. The average molecular weight is 819 g/mol. The highest BCUT2D eigenvalue weighted by Gasteiger charge is 2.43. The topological polar surface area (TPSA) is 9.86 Å². The Morgan fingerprint density at radius 1 is 0.270 bits per heavy atom. The monoisotopic (exact) mass is 818 g/mol. The molecule has 2 nitrogen and oxygen atoms in total. The normalized spacial score (nSPS) is 11.8. The fraction of sp³-hybridized carbons (Fsp3) is 0. The predicted octanol–water partition coefficient (Wildman–Crippen LogP) is 12.6. The molecule has 63 heavy (non-hydrogen) atoms. The maximum Gasteiger partial charge on any atom is 0.180 e. The fourth-order valence-electron chi connectivity index (χ4n) is 10.4. The van der Waals surface area contributed by atoms with Crippen LogP contribution in [-0.4, -0.2) is 17.2 Å². The second kappa shape index (κ2) is 15.2. The molecule has 10 aromatic carbocycles. The Hall–Kier alpha value is -7.98. The third-order valence-corrected chi connectivity index (χ3v) is 17.9. The lowest BCUT2D eigenvalue weighted by atomic mass is 9.94. The molecular formula is C60H42N2Si. The number of aromatic nitrogens is 2. The Morgan fingerprint density at radius 3 is 1.30 bits per heavy atom. The molecule has 0 atom stereocenters. The maximum absolute atomic E-state index is 2.86.